The van der Waals surface area contributed by atoms with E-state index in [2.05, 4.69) is 22.8 Å². The molecule has 1 heterocycles. The van der Waals surface area contributed by atoms with Gasteiger partial charge in [-0.25, -0.2) is 0 Å². The highest BCUT2D eigenvalue weighted by atomic mass is 35.5. The summed E-state index contributed by atoms with van der Waals surface area (Å²) in [6, 6.07) is 11.2. The van der Waals surface area contributed by atoms with Crippen LogP contribution in [0.5, 0.6) is 5.75 Å². The molecule has 21 heavy (non-hydrogen) atoms. The smallest absolute Gasteiger partial charge is 0.257 e. The van der Waals surface area contributed by atoms with E-state index in [0.717, 1.165) is 11.5 Å². The SMILES string of the molecule is O=C(COc1cccc(Cl)c1)NCCSCc1cccs1. The molecule has 0 saturated heterocycles. The molecule has 2 rings (SSSR count). The summed E-state index contributed by atoms with van der Waals surface area (Å²) in [5, 5.41) is 5.50. The molecule has 0 bridgehead atoms. The quantitative estimate of drug-likeness (QED) is 0.741. The Hall–Kier alpha value is -1.17. The minimum atomic E-state index is -0.119. The van der Waals surface area contributed by atoms with Gasteiger partial charge in [-0.3, -0.25) is 4.79 Å². The maximum atomic E-state index is 11.6. The third kappa shape index (κ3) is 6.42. The highest BCUT2D eigenvalue weighted by Gasteiger charge is 2.03. The van der Waals surface area contributed by atoms with Gasteiger partial charge in [0.25, 0.3) is 5.91 Å². The first-order valence-electron chi connectivity index (χ1n) is 6.49. The average molecular weight is 342 g/mol. The van der Waals surface area contributed by atoms with E-state index in [-0.39, 0.29) is 12.5 Å². The van der Waals surface area contributed by atoms with Gasteiger partial charge >= 0.3 is 0 Å². The molecule has 6 heteroatoms. The number of ether oxygens (including phenoxy) is 1. The molecule has 1 aromatic carbocycles. The first kappa shape index (κ1) is 16.2. The van der Waals surface area contributed by atoms with Crippen LogP contribution < -0.4 is 10.1 Å². The first-order valence-corrected chi connectivity index (χ1v) is 8.90. The standard InChI is InChI=1S/C15H16ClNO2S2/c16-12-3-1-4-13(9-12)19-10-15(18)17-6-8-20-11-14-5-2-7-21-14/h1-5,7,9H,6,8,10-11H2,(H,17,18). The third-order valence-corrected chi connectivity index (χ3v) is 4.86. The zero-order chi connectivity index (χ0) is 14.9. The van der Waals surface area contributed by atoms with Crippen molar-refractivity contribution in [2.75, 3.05) is 18.9 Å². The lowest BCUT2D eigenvalue weighted by atomic mass is 10.3. The zero-order valence-corrected chi connectivity index (χ0v) is 13.8. The Balaban J connectivity index is 1.55. The Bertz CT molecular complexity index is 561. The summed E-state index contributed by atoms with van der Waals surface area (Å²) < 4.78 is 5.36. The largest absolute Gasteiger partial charge is 0.484 e. The molecule has 0 unspecified atom stereocenters. The number of hydrogen-bond donors (Lipinski definition) is 1. The number of halogens is 1. The lowest BCUT2D eigenvalue weighted by molar-refractivity contribution is -0.122. The highest BCUT2D eigenvalue weighted by Crippen LogP contribution is 2.17. The number of hydrogen-bond acceptors (Lipinski definition) is 4. The van der Waals surface area contributed by atoms with Crippen molar-refractivity contribution in [2.45, 2.75) is 5.75 Å². The topological polar surface area (TPSA) is 38.3 Å². The van der Waals surface area contributed by atoms with Crippen molar-refractivity contribution in [3.05, 3.63) is 51.7 Å². The van der Waals surface area contributed by atoms with E-state index in [4.69, 9.17) is 16.3 Å². The van der Waals surface area contributed by atoms with E-state index in [1.807, 2.05) is 0 Å². The van der Waals surface area contributed by atoms with Crippen LogP contribution in [0.3, 0.4) is 0 Å². The lowest BCUT2D eigenvalue weighted by Crippen LogP contribution is -2.30. The Morgan fingerprint density at radius 3 is 3.00 bits per heavy atom. The van der Waals surface area contributed by atoms with Crippen LogP contribution in [0, 0.1) is 0 Å². The van der Waals surface area contributed by atoms with Crippen LogP contribution >= 0.6 is 34.7 Å². The van der Waals surface area contributed by atoms with Crippen LogP contribution in [0.25, 0.3) is 0 Å². The van der Waals surface area contributed by atoms with Crippen molar-refractivity contribution in [1.29, 1.82) is 0 Å². The molecule has 0 atom stereocenters. The van der Waals surface area contributed by atoms with Crippen LogP contribution in [0.4, 0.5) is 0 Å². The Morgan fingerprint density at radius 1 is 1.33 bits per heavy atom. The minimum absolute atomic E-state index is 0.00985. The van der Waals surface area contributed by atoms with E-state index in [9.17, 15) is 4.79 Å². The summed E-state index contributed by atoms with van der Waals surface area (Å²) in [6.45, 7) is 0.656. The van der Waals surface area contributed by atoms with Crippen molar-refractivity contribution >= 4 is 40.6 Å². The molecule has 0 aliphatic rings. The van der Waals surface area contributed by atoms with Gasteiger partial charge in [0.05, 0.1) is 0 Å². The van der Waals surface area contributed by atoms with Crippen molar-refractivity contribution in [1.82, 2.24) is 5.32 Å². The predicted molar refractivity (Wildman–Crippen MR) is 90.4 cm³/mol. The molecular weight excluding hydrogens is 326 g/mol. The predicted octanol–water partition coefficient (Wildman–Crippen LogP) is 3.83. The van der Waals surface area contributed by atoms with Crippen molar-refractivity contribution in [3.63, 3.8) is 0 Å². The van der Waals surface area contributed by atoms with Gasteiger partial charge in [-0.05, 0) is 29.6 Å². The van der Waals surface area contributed by atoms with Crippen LogP contribution in [0.15, 0.2) is 41.8 Å². The second-order valence-corrected chi connectivity index (χ2v) is 6.80. The highest BCUT2D eigenvalue weighted by molar-refractivity contribution is 7.98. The fraction of sp³-hybridized carbons (Fsp3) is 0.267. The second kappa shape index (κ2) is 8.97. The molecule has 0 fully saturated rings. The molecule has 0 aliphatic heterocycles. The number of rotatable bonds is 8. The number of carbonyl (C=O) groups is 1. The molecule has 1 N–H and O–H groups in total. The van der Waals surface area contributed by atoms with Crippen LogP contribution in [-0.4, -0.2) is 24.8 Å². The minimum Gasteiger partial charge on any atom is -0.484 e. The summed E-state index contributed by atoms with van der Waals surface area (Å²) in [4.78, 5) is 13.0. The Morgan fingerprint density at radius 2 is 2.24 bits per heavy atom. The van der Waals surface area contributed by atoms with Gasteiger partial charge in [-0.2, -0.15) is 11.8 Å². The number of carbonyl (C=O) groups excluding carboxylic acids is 1. The molecular formula is C15H16ClNO2S2. The first-order chi connectivity index (χ1) is 10.2. The molecule has 0 spiro atoms. The van der Waals surface area contributed by atoms with Crippen LogP contribution in [0.2, 0.25) is 5.02 Å². The molecule has 0 saturated carbocycles. The second-order valence-electron chi connectivity index (χ2n) is 4.23. The molecule has 0 radical (unpaired) electrons. The summed E-state index contributed by atoms with van der Waals surface area (Å²) in [5.74, 6) is 2.37. The van der Waals surface area contributed by atoms with Gasteiger partial charge in [-0.15, -0.1) is 11.3 Å². The maximum Gasteiger partial charge on any atom is 0.257 e. The van der Waals surface area contributed by atoms with Gasteiger partial charge in [0.2, 0.25) is 0 Å². The fourth-order valence-electron chi connectivity index (χ4n) is 1.59. The Labute approximate surface area is 137 Å². The summed E-state index contributed by atoms with van der Waals surface area (Å²) in [7, 11) is 0. The van der Waals surface area contributed by atoms with Gasteiger partial charge in [0.15, 0.2) is 6.61 Å². The van der Waals surface area contributed by atoms with E-state index in [0.29, 0.717) is 17.3 Å². The van der Waals surface area contributed by atoms with E-state index < -0.39 is 0 Å². The fourth-order valence-corrected chi connectivity index (χ4v) is 3.47. The monoisotopic (exact) mass is 341 g/mol. The molecule has 3 nitrogen and oxygen atoms in total. The molecule has 1 amide bonds. The number of benzene rings is 1. The number of amides is 1. The summed E-state index contributed by atoms with van der Waals surface area (Å²) in [5.41, 5.74) is 0. The normalized spacial score (nSPS) is 10.3. The number of nitrogens with one attached hydrogen (secondary N) is 1. The van der Waals surface area contributed by atoms with E-state index >= 15 is 0 Å². The van der Waals surface area contributed by atoms with Crippen molar-refractivity contribution in [2.24, 2.45) is 0 Å². The van der Waals surface area contributed by atoms with E-state index in [1.54, 1.807) is 47.4 Å². The molecule has 112 valence electrons. The Kier molecular flexibility index (Phi) is 6.92. The van der Waals surface area contributed by atoms with Gasteiger partial charge in [0.1, 0.15) is 5.75 Å². The molecule has 1 aromatic heterocycles. The zero-order valence-electron chi connectivity index (χ0n) is 11.4. The van der Waals surface area contributed by atoms with Crippen LogP contribution in [-0.2, 0) is 10.5 Å². The average Bonchev–Trinajstić information content (AvgIpc) is 2.98. The maximum absolute atomic E-state index is 11.6. The number of thiophene rings is 1. The number of thioether (sulfide) groups is 1. The van der Waals surface area contributed by atoms with Gasteiger partial charge < -0.3 is 10.1 Å². The van der Waals surface area contributed by atoms with E-state index in [1.165, 1.54) is 4.88 Å². The summed E-state index contributed by atoms with van der Waals surface area (Å²) >= 11 is 9.40. The van der Waals surface area contributed by atoms with Crippen molar-refractivity contribution in [3.8, 4) is 5.75 Å². The van der Waals surface area contributed by atoms with Crippen molar-refractivity contribution < 1.29 is 9.53 Å². The molecule has 0 aliphatic carbocycles. The lowest BCUT2D eigenvalue weighted by Gasteiger charge is -2.07. The van der Waals surface area contributed by atoms with Crippen LogP contribution in [0.1, 0.15) is 4.88 Å². The van der Waals surface area contributed by atoms with Gasteiger partial charge in [-0.1, -0.05) is 23.7 Å². The summed E-state index contributed by atoms with van der Waals surface area (Å²) in [6.07, 6.45) is 0. The van der Waals surface area contributed by atoms with Gasteiger partial charge in [0, 0.05) is 28.0 Å². The molecule has 2 aromatic rings. The third-order valence-electron chi connectivity index (χ3n) is 2.56.